The van der Waals surface area contributed by atoms with Gasteiger partial charge >= 0.3 is 0 Å². The third-order valence-corrected chi connectivity index (χ3v) is 11.3. The fourth-order valence-corrected chi connectivity index (χ4v) is 7.68. The molecular weight excluding hydrogens is 792 g/mol. The second-order valence-corrected chi connectivity index (χ2v) is 15.8. The number of hydrogen-bond acceptors (Lipinski definition) is 9. The van der Waals surface area contributed by atoms with Gasteiger partial charge in [-0.2, -0.15) is 5.10 Å². The lowest BCUT2D eigenvalue weighted by molar-refractivity contribution is -0.137. The Kier molecular flexibility index (Phi) is 14.4. The van der Waals surface area contributed by atoms with E-state index >= 15 is 8.78 Å². The SMILES string of the molecule is CCC(CCN(C)C)C(=O)N1CCN(C(=O)c2ccc(NC(=O)c3ncc(-c4ccc(-c5cnn(CCNC(C)NC6=CC=CCN6)c5C)c(F)c4F)n3C)cc2Cl)CC1. The molecule has 2 atom stereocenters. The minimum atomic E-state index is -1.08. The molecule has 2 aliphatic heterocycles. The van der Waals surface area contributed by atoms with E-state index in [-0.39, 0.29) is 57.1 Å². The summed E-state index contributed by atoms with van der Waals surface area (Å²) >= 11 is 6.57. The van der Waals surface area contributed by atoms with Crippen LogP contribution >= 0.6 is 11.6 Å². The first kappa shape index (κ1) is 44.0. The molecule has 2 aromatic heterocycles. The second-order valence-electron chi connectivity index (χ2n) is 15.4. The Balaban J connectivity index is 1.05. The molecule has 60 heavy (non-hydrogen) atoms. The average molecular weight is 846 g/mol. The molecule has 0 aliphatic carbocycles. The number of dihydropyridines is 1. The van der Waals surface area contributed by atoms with E-state index in [1.807, 2.05) is 58.0 Å². The van der Waals surface area contributed by atoms with Crippen molar-refractivity contribution in [1.29, 1.82) is 0 Å². The predicted molar refractivity (Wildman–Crippen MR) is 229 cm³/mol. The Labute approximate surface area is 354 Å². The molecule has 4 N–H and O–H groups in total. The van der Waals surface area contributed by atoms with E-state index in [1.54, 1.807) is 21.7 Å². The molecule has 4 heterocycles. The summed E-state index contributed by atoms with van der Waals surface area (Å²) in [7, 11) is 5.52. The molecule has 3 amide bonds. The third kappa shape index (κ3) is 10.1. The first-order chi connectivity index (χ1) is 28.8. The van der Waals surface area contributed by atoms with Crippen molar-refractivity contribution in [2.75, 3.05) is 65.2 Å². The van der Waals surface area contributed by atoms with Gasteiger partial charge in [0.2, 0.25) is 5.91 Å². The zero-order valence-electron chi connectivity index (χ0n) is 35.0. The van der Waals surface area contributed by atoms with Crippen molar-refractivity contribution in [3.63, 3.8) is 0 Å². The number of imidazole rings is 1. The molecular formula is C43H54ClF2N11O3. The van der Waals surface area contributed by atoms with Crippen LogP contribution in [0.25, 0.3) is 22.4 Å². The van der Waals surface area contributed by atoms with Crippen molar-refractivity contribution in [1.82, 2.24) is 50.0 Å². The smallest absolute Gasteiger partial charge is 0.291 e. The van der Waals surface area contributed by atoms with Crippen molar-refractivity contribution in [2.45, 2.75) is 46.3 Å². The maximum atomic E-state index is 15.8. The summed E-state index contributed by atoms with van der Waals surface area (Å²) in [6.07, 6.45) is 10.3. The molecule has 320 valence electrons. The van der Waals surface area contributed by atoms with Crippen molar-refractivity contribution in [3.05, 3.63) is 101 Å². The summed E-state index contributed by atoms with van der Waals surface area (Å²) in [5.74, 6) is -2.06. The van der Waals surface area contributed by atoms with Gasteiger partial charge in [0, 0.05) is 80.3 Å². The minimum absolute atomic E-state index is 0.0131. The highest BCUT2D eigenvalue weighted by molar-refractivity contribution is 6.34. The number of carbonyl (C=O) groups excluding carboxylic acids is 3. The molecule has 0 radical (unpaired) electrons. The van der Waals surface area contributed by atoms with E-state index in [4.69, 9.17) is 11.6 Å². The lowest BCUT2D eigenvalue weighted by atomic mass is 10.00. The third-order valence-electron chi connectivity index (χ3n) is 11.0. The first-order valence-electron chi connectivity index (χ1n) is 20.2. The van der Waals surface area contributed by atoms with Crippen molar-refractivity contribution in [3.8, 4) is 22.4 Å². The number of allylic oxidation sites excluding steroid dienone is 2. The molecule has 2 unspecified atom stereocenters. The van der Waals surface area contributed by atoms with Crippen LogP contribution in [0.15, 0.2) is 66.8 Å². The number of carbonyl (C=O) groups is 3. The molecule has 2 aromatic carbocycles. The summed E-state index contributed by atoms with van der Waals surface area (Å²) in [6, 6.07) is 7.55. The summed E-state index contributed by atoms with van der Waals surface area (Å²) in [5.41, 5.74) is 1.94. The number of nitrogens with one attached hydrogen (secondary N) is 4. The zero-order chi connectivity index (χ0) is 43.1. The molecule has 1 saturated heterocycles. The number of benzene rings is 2. The zero-order valence-corrected chi connectivity index (χ0v) is 35.7. The second kappa shape index (κ2) is 19.7. The number of rotatable bonds is 16. The number of halogens is 3. The van der Waals surface area contributed by atoms with Gasteiger partial charge in [-0.3, -0.25) is 24.4 Å². The van der Waals surface area contributed by atoms with Crippen LogP contribution in [-0.2, 0) is 18.4 Å². The normalized spacial score (nSPS) is 15.1. The van der Waals surface area contributed by atoms with E-state index in [0.29, 0.717) is 56.2 Å². The Bertz CT molecular complexity index is 2260. The number of aromatic nitrogens is 4. The van der Waals surface area contributed by atoms with E-state index in [1.165, 1.54) is 42.2 Å². The van der Waals surface area contributed by atoms with Crippen LogP contribution < -0.4 is 21.3 Å². The van der Waals surface area contributed by atoms with Crippen LogP contribution in [-0.4, -0.2) is 118 Å². The summed E-state index contributed by atoms with van der Waals surface area (Å²) in [4.78, 5) is 49.8. The average Bonchev–Trinajstić information content (AvgIpc) is 3.80. The number of anilines is 1. The minimum Gasteiger partial charge on any atom is -0.368 e. The number of piperazine rings is 1. The van der Waals surface area contributed by atoms with Crippen LogP contribution in [0, 0.1) is 24.5 Å². The van der Waals surface area contributed by atoms with E-state index in [0.717, 1.165) is 31.8 Å². The first-order valence-corrected chi connectivity index (χ1v) is 20.6. The van der Waals surface area contributed by atoms with Gasteiger partial charge in [-0.15, -0.1) is 0 Å². The molecule has 0 spiro atoms. The van der Waals surface area contributed by atoms with Crippen LogP contribution in [0.5, 0.6) is 0 Å². The van der Waals surface area contributed by atoms with Crippen molar-refractivity contribution >= 4 is 35.0 Å². The predicted octanol–water partition coefficient (Wildman–Crippen LogP) is 5.23. The molecule has 2 aliphatic rings. The van der Waals surface area contributed by atoms with Gasteiger partial charge in [-0.25, -0.2) is 13.8 Å². The molecule has 0 bridgehead atoms. The number of amides is 3. The van der Waals surface area contributed by atoms with Crippen LogP contribution in [0.2, 0.25) is 5.02 Å². The Morgan fingerprint density at radius 1 is 1.00 bits per heavy atom. The highest BCUT2D eigenvalue weighted by Gasteiger charge is 2.30. The van der Waals surface area contributed by atoms with Gasteiger partial charge in [-0.05, 0) is 77.7 Å². The molecule has 6 rings (SSSR count). The van der Waals surface area contributed by atoms with Crippen molar-refractivity contribution < 1.29 is 23.2 Å². The van der Waals surface area contributed by atoms with Crippen LogP contribution in [0.1, 0.15) is 53.4 Å². The molecule has 17 heteroatoms. The topological polar surface area (TPSA) is 145 Å². The highest BCUT2D eigenvalue weighted by atomic mass is 35.5. The van der Waals surface area contributed by atoms with Crippen LogP contribution in [0.3, 0.4) is 0 Å². The Hall–Kier alpha value is -5.58. The molecule has 0 saturated carbocycles. The lowest BCUT2D eigenvalue weighted by Crippen LogP contribution is -2.52. The van der Waals surface area contributed by atoms with E-state index < -0.39 is 17.5 Å². The molecule has 1 fully saturated rings. The number of nitrogens with zero attached hydrogens (tertiary/aromatic N) is 7. The summed E-state index contributed by atoms with van der Waals surface area (Å²) in [6.45, 7) is 10.2. The number of hydrogen-bond donors (Lipinski definition) is 4. The van der Waals surface area contributed by atoms with Gasteiger partial charge in [0.05, 0.1) is 41.4 Å². The molecule has 4 aromatic rings. The Morgan fingerprint density at radius 3 is 2.40 bits per heavy atom. The monoisotopic (exact) mass is 845 g/mol. The van der Waals surface area contributed by atoms with E-state index in [2.05, 4.69) is 36.2 Å². The quantitative estimate of drug-likeness (QED) is 0.112. The van der Waals surface area contributed by atoms with Crippen LogP contribution in [0.4, 0.5) is 14.5 Å². The fraction of sp³-hybridized carbons (Fsp3) is 0.419. The molecule has 14 nitrogen and oxygen atoms in total. The van der Waals surface area contributed by atoms with Gasteiger partial charge < -0.3 is 35.2 Å². The lowest BCUT2D eigenvalue weighted by Gasteiger charge is -2.36. The standard InChI is InChI=1S/C43H54ClF2N11O3/c1-7-29(15-18-53(4)5)42(59)55-20-22-56(23-21-55)43(60)32-12-11-30(24-35(32)44)52-41(58)40-49-26-36(54(40)6)33-14-13-31(38(45)39(33)46)34-25-50-57(27(34)2)19-17-47-28(3)51-37-10-8-9-16-48-37/h8-14,24-26,28-29,47-48,51H,7,15-23H2,1-6H3,(H,52,58). The summed E-state index contributed by atoms with van der Waals surface area (Å²) in [5, 5.41) is 17.3. The van der Waals surface area contributed by atoms with Crippen molar-refractivity contribution in [2.24, 2.45) is 13.0 Å². The van der Waals surface area contributed by atoms with E-state index in [9.17, 15) is 14.4 Å². The maximum absolute atomic E-state index is 15.8. The Morgan fingerprint density at radius 2 is 1.72 bits per heavy atom. The van der Waals surface area contributed by atoms with Gasteiger partial charge in [0.25, 0.3) is 11.8 Å². The largest absolute Gasteiger partial charge is 0.368 e. The summed E-state index contributed by atoms with van der Waals surface area (Å²) < 4.78 is 34.7. The van der Waals surface area contributed by atoms with Gasteiger partial charge in [-0.1, -0.05) is 36.7 Å². The van der Waals surface area contributed by atoms with Gasteiger partial charge in [0.15, 0.2) is 17.5 Å². The highest BCUT2D eigenvalue weighted by Crippen LogP contribution is 2.33. The fourth-order valence-electron chi connectivity index (χ4n) is 7.42. The van der Waals surface area contributed by atoms with Gasteiger partial charge in [0.1, 0.15) is 5.82 Å². The maximum Gasteiger partial charge on any atom is 0.291 e.